The minimum Gasteiger partial charge on any atom is -0.469 e. The third-order valence-electron chi connectivity index (χ3n) is 2.94. The number of hydrogen-bond acceptors (Lipinski definition) is 3. The van der Waals surface area contributed by atoms with Gasteiger partial charge in [-0.1, -0.05) is 12.1 Å². The van der Waals surface area contributed by atoms with Gasteiger partial charge >= 0.3 is 0 Å². The van der Waals surface area contributed by atoms with Crippen LogP contribution in [0.4, 0.5) is 0 Å². The molecule has 0 N–H and O–H groups in total. The third kappa shape index (κ3) is 2.83. The van der Waals surface area contributed by atoms with E-state index in [2.05, 4.69) is 6.07 Å². The Balaban J connectivity index is 2.08. The Morgan fingerprint density at radius 3 is 2.53 bits per heavy atom. The molecule has 1 amide bonds. The number of carbonyl (C=O) groups excluding carboxylic acids is 1. The van der Waals surface area contributed by atoms with E-state index in [4.69, 9.17) is 9.68 Å². The van der Waals surface area contributed by atoms with Gasteiger partial charge in [0.2, 0.25) is 0 Å². The molecule has 0 spiro atoms. The molecule has 0 aliphatic carbocycles. The molecule has 0 saturated heterocycles. The van der Waals surface area contributed by atoms with E-state index in [-0.39, 0.29) is 5.91 Å². The summed E-state index contributed by atoms with van der Waals surface area (Å²) in [5.74, 6) is 0.548. The van der Waals surface area contributed by atoms with Gasteiger partial charge in [0.1, 0.15) is 5.76 Å². The van der Waals surface area contributed by atoms with E-state index in [9.17, 15) is 4.79 Å². The summed E-state index contributed by atoms with van der Waals surface area (Å²) in [4.78, 5) is 13.8. The van der Waals surface area contributed by atoms with E-state index in [0.717, 1.165) is 5.56 Å². The van der Waals surface area contributed by atoms with Crippen LogP contribution in [-0.2, 0) is 6.54 Å². The molecular weight excluding hydrogens is 240 g/mol. The third-order valence-corrected chi connectivity index (χ3v) is 2.94. The minimum absolute atomic E-state index is 0.0735. The van der Waals surface area contributed by atoms with E-state index in [1.807, 2.05) is 12.1 Å². The topological polar surface area (TPSA) is 57.2 Å². The van der Waals surface area contributed by atoms with Crippen molar-refractivity contribution in [1.29, 1.82) is 5.26 Å². The molecule has 0 bridgehead atoms. The van der Waals surface area contributed by atoms with Gasteiger partial charge in [-0.15, -0.1) is 0 Å². The van der Waals surface area contributed by atoms with Crippen molar-refractivity contribution in [3.8, 4) is 6.07 Å². The number of benzene rings is 1. The molecule has 0 fully saturated rings. The Hall–Kier alpha value is -2.54. The first-order chi connectivity index (χ1) is 9.11. The summed E-state index contributed by atoms with van der Waals surface area (Å²) in [6.07, 6.45) is 1.51. The molecule has 0 aliphatic rings. The minimum atomic E-state index is -0.0735. The summed E-state index contributed by atoms with van der Waals surface area (Å²) in [5, 5.41) is 8.73. The van der Waals surface area contributed by atoms with Gasteiger partial charge in [0.15, 0.2) is 0 Å². The lowest BCUT2D eigenvalue weighted by Crippen LogP contribution is -2.26. The van der Waals surface area contributed by atoms with Gasteiger partial charge in [-0.05, 0) is 30.7 Å². The van der Waals surface area contributed by atoms with Crippen molar-refractivity contribution in [1.82, 2.24) is 4.90 Å². The second-order valence-electron chi connectivity index (χ2n) is 4.36. The van der Waals surface area contributed by atoms with E-state index in [1.54, 1.807) is 37.1 Å². The molecular formula is C15H14N2O2. The van der Waals surface area contributed by atoms with Crippen molar-refractivity contribution in [2.24, 2.45) is 0 Å². The van der Waals surface area contributed by atoms with E-state index in [1.165, 1.54) is 6.26 Å². The first-order valence-electron chi connectivity index (χ1n) is 5.90. The smallest absolute Gasteiger partial charge is 0.257 e. The molecule has 1 heterocycles. The van der Waals surface area contributed by atoms with Crippen LogP contribution in [0.2, 0.25) is 0 Å². The maximum Gasteiger partial charge on any atom is 0.257 e. The lowest BCUT2D eigenvalue weighted by atomic mass is 10.1. The van der Waals surface area contributed by atoms with Crippen LogP contribution >= 0.6 is 0 Å². The fraction of sp³-hybridized carbons (Fsp3) is 0.200. The van der Waals surface area contributed by atoms with Gasteiger partial charge in [0.25, 0.3) is 5.91 Å². The van der Waals surface area contributed by atoms with Crippen molar-refractivity contribution in [3.05, 3.63) is 59.0 Å². The van der Waals surface area contributed by atoms with Gasteiger partial charge < -0.3 is 9.32 Å². The van der Waals surface area contributed by atoms with E-state index < -0.39 is 0 Å². The fourth-order valence-electron chi connectivity index (χ4n) is 1.84. The maximum atomic E-state index is 12.2. The van der Waals surface area contributed by atoms with Gasteiger partial charge in [-0.3, -0.25) is 4.79 Å². The standard InChI is InChI=1S/C15H14N2O2/c1-11-14(7-8-19-11)15(18)17(2)10-13-5-3-12(9-16)4-6-13/h3-8H,10H2,1-2H3. The van der Waals surface area contributed by atoms with Crippen LogP contribution in [0.15, 0.2) is 41.0 Å². The molecule has 1 aromatic heterocycles. The number of furan rings is 1. The highest BCUT2D eigenvalue weighted by Crippen LogP contribution is 2.13. The van der Waals surface area contributed by atoms with Crippen molar-refractivity contribution in [3.63, 3.8) is 0 Å². The molecule has 0 aliphatic heterocycles. The molecule has 4 heteroatoms. The van der Waals surface area contributed by atoms with Crippen LogP contribution in [-0.4, -0.2) is 17.9 Å². The lowest BCUT2D eigenvalue weighted by Gasteiger charge is -2.16. The molecule has 19 heavy (non-hydrogen) atoms. The normalized spacial score (nSPS) is 9.95. The zero-order chi connectivity index (χ0) is 13.8. The predicted molar refractivity (Wildman–Crippen MR) is 70.4 cm³/mol. The monoisotopic (exact) mass is 254 g/mol. The summed E-state index contributed by atoms with van der Waals surface area (Å²) in [6.45, 7) is 2.26. The quantitative estimate of drug-likeness (QED) is 0.846. The summed E-state index contributed by atoms with van der Waals surface area (Å²) >= 11 is 0. The Kier molecular flexibility index (Phi) is 3.67. The Bertz CT molecular complexity index is 620. The zero-order valence-corrected chi connectivity index (χ0v) is 10.9. The average molecular weight is 254 g/mol. The zero-order valence-electron chi connectivity index (χ0n) is 10.9. The molecule has 0 radical (unpaired) electrons. The molecule has 1 aromatic carbocycles. The lowest BCUT2D eigenvalue weighted by molar-refractivity contribution is 0.0783. The second kappa shape index (κ2) is 5.40. The van der Waals surface area contributed by atoms with Gasteiger partial charge in [0, 0.05) is 13.6 Å². The molecule has 2 aromatic rings. The van der Waals surface area contributed by atoms with Crippen LogP contribution in [0.5, 0.6) is 0 Å². The molecule has 96 valence electrons. The Labute approximate surface area is 111 Å². The Morgan fingerprint density at radius 1 is 1.32 bits per heavy atom. The molecule has 0 atom stereocenters. The molecule has 2 rings (SSSR count). The van der Waals surface area contributed by atoms with Gasteiger partial charge in [-0.25, -0.2) is 0 Å². The van der Waals surface area contributed by atoms with Crippen molar-refractivity contribution in [2.75, 3.05) is 7.05 Å². The SMILES string of the molecule is Cc1occc1C(=O)N(C)Cc1ccc(C#N)cc1. The first-order valence-corrected chi connectivity index (χ1v) is 5.90. The summed E-state index contributed by atoms with van der Waals surface area (Å²) < 4.78 is 5.13. The number of hydrogen-bond donors (Lipinski definition) is 0. The number of amides is 1. The van der Waals surface area contributed by atoms with Crippen LogP contribution in [0, 0.1) is 18.3 Å². The highest BCUT2D eigenvalue weighted by Gasteiger charge is 2.16. The van der Waals surface area contributed by atoms with Crippen LogP contribution < -0.4 is 0 Å². The fourth-order valence-corrected chi connectivity index (χ4v) is 1.84. The van der Waals surface area contributed by atoms with E-state index >= 15 is 0 Å². The number of carbonyl (C=O) groups is 1. The highest BCUT2D eigenvalue weighted by atomic mass is 16.3. The second-order valence-corrected chi connectivity index (χ2v) is 4.36. The van der Waals surface area contributed by atoms with Crippen LogP contribution in [0.25, 0.3) is 0 Å². The largest absolute Gasteiger partial charge is 0.469 e. The van der Waals surface area contributed by atoms with Crippen molar-refractivity contribution >= 4 is 5.91 Å². The number of rotatable bonds is 3. The molecule has 4 nitrogen and oxygen atoms in total. The summed E-state index contributed by atoms with van der Waals surface area (Å²) in [5.41, 5.74) is 2.18. The van der Waals surface area contributed by atoms with Crippen molar-refractivity contribution < 1.29 is 9.21 Å². The Morgan fingerprint density at radius 2 is 2.00 bits per heavy atom. The summed E-state index contributed by atoms with van der Waals surface area (Å²) in [7, 11) is 1.74. The molecule has 0 saturated carbocycles. The van der Waals surface area contributed by atoms with Crippen LogP contribution in [0.3, 0.4) is 0 Å². The van der Waals surface area contributed by atoms with Gasteiger partial charge in [0.05, 0.1) is 23.5 Å². The maximum absolute atomic E-state index is 12.2. The van der Waals surface area contributed by atoms with E-state index in [0.29, 0.717) is 23.4 Å². The molecule has 0 unspecified atom stereocenters. The van der Waals surface area contributed by atoms with Gasteiger partial charge in [-0.2, -0.15) is 5.26 Å². The first kappa shape index (κ1) is 12.9. The summed E-state index contributed by atoms with van der Waals surface area (Å²) in [6, 6.07) is 10.9. The highest BCUT2D eigenvalue weighted by molar-refractivity contribution is 5.94. The number of nitrogens with zero attached hydrogens (tertiary/aromatic N) is 2. The van der Waals surface area contributed by atoms with Crippen LogP contribution in [0.1, 0.15) is 27.2 Å². The van der Waals surface area contributed by atoms with Crippen molar-refractivity contribution in [2.45, 2.75) is 13.5 Å². The number of aryl methyl sites for hydroxylation is 1. The average Bonchev–Trinajstić information content (AvgIpc) is 2.85. The number of nitriles is 1. The predicted octanol–water partition coefficient (Wildman–Crippen LogP) is 2.73.